The maximum atomic E-state index is 5.18. The third-order valence-electron chi connectivity index (χ3n) is 5.03. The smallest absolute Gasteiger partial charge is 0.229 e. The highest BCUT2D eigenvalue weighted by molar-refractivity contribution is 5.80. The molecule has 0 aliphatic carbocycles. The highest BCUT2D eigenvalue weighted by Crippen LogP contribution is 2.25. The van der Waals surface area contributed by atoms with E-state index in [1.807, 2.05) is 30.3 Å². The van der Waals surface area contributed by atoms with E-state index < -0.39 is 0 Å². The van der Waals surface area contributed by atoms with Gasteiger partial charge < -0.3 is 14.5 Å². The molecule has 0 saturated carbocycles. The molecule has 27 heavy (non-hydrogen) atoms. The van der Waals surface area contributed by atoms with E-state index in [-0.39, 0.29) is 0 Å². The highest BCUT2D eigenvalue weighted by Gasteiger charge is 2.20. The van der Waals surface area contributed by atoms with Crippen LogP contribution >= 0.6 is 0 Å². The Kier molecular flexibility index (Phi) is 5.37. The molecule has 4 rings (SSSR count). The van der Waals surface area contributed by atoms with Gasteiger partial charge in [-0.1, -0.05) is 0 Å². The van der Waals surface area contributed by atoms with Crippen molar-refractivity contribution in [1.29, 1.82) is 0 Å². The number of nitrogens with one attached hydrogen (secondary N) is 1. The summed E-state index contributed by atoms with van der Waals surface area (Å²) < 4.78 is 5.18. The van der Waals surface area contributed by atoms with E-state index in [0.29, 0.717) is 0 Å². The van der Waals surface area contributed by atoms with Crippen LogP contribution in [0.3, 0.4) is 0 Å². The van der Waals surface area contributed by atoms with Gasteiger partial charge in [-0.05, 0) is 55.5 Å². The van der Waals surface area contributed by atoms with Gasteiger partial charge in [-0.25, -0.2) is 0 Å². The summed E-state index contributed by atoms with van der Waals surface area (Å²) in [5.74, 6) is 3.37. The number of hydrogen-bond donors (Lipinski definition) is 1. The summed E-state index contributed by atoms with van der Waals surface area (Å²) in [6, 6.07) is 9.77. The normalized spacial score (nSPS) is 17.1. The summed E-state index contributed by atoms with van der Waals surface area (Å²) in [7, 11) is 1.66. The zero-order chi connectivity index (χ0) is 18.5. The number of nitrogens with zero attached hydrogens (tertiary/aromatic N) is 5. The van der Waals surface area contributed by atoms with Crippen LogP contribution in [0, 0.1) is 0 Å². The van der Waals surface area contributed by atoms with Gasteiger partial charge in [0.15, 0.2) is 5.82 Å². The van der Waals surface area contributed by atoms with Gasteiger partial charge in [-0.3, -0.25) is 5.43 Å². The molecule has 0 amide bonds. The maximum absolute atomic E-state index is 5.18. The Morgan fingerprint density at radius 3 is 2.30 bits per heavy atom. The van der Waals surface area contributed by atoms with Crippen LogP contribution in [0.1, 0.15) is 31.2 Å². The number of rotatable bonds is 6. The molecule has 1 aromatic carbocycles. The van der Waals surface area contributed by atoms with Crippen LogP contribution in [-0.4, -0.2) is 49.5 Å². The molecule has 7 heteroatoms. The van der Waals surface area contributed by atoms with Crippen molar-refractivity contribution in [2.24, 2.45) is 5.10 Å². The number of hydrazone groups is 1. The van der Waals surface area contributed by atoms with Crippen molar-refractivity contribution in [2.45, 2.75) is 25.7 Å². The predicted molar refractivity (Wildman–Crippen MR) is 109 cm³/mol. The van der Waals surface area contributed by atoms with Gasteiger partial charge in [0.05, 0.1) is 13.3 Å². The van der Waals surface area contributed by atoms with Crippen molar-refractivity contribution >= 4 is 23.8 Å². The Morgan fingerprint density at radius 2 is 1.63 bits per heavy atom. The quantitative estimate of drug-likeness (QED) is 0.626. The molecule has 0 radical (unpaired) electrons. The molecule has 0 unspecified atom stereocenters. The Balaban J connectivity index is 1.51. The van der Waals surface area contributed by atoms with Crippen molar-refractivity contribution in [1.82, 2.24) is 9.97 Å². The minimum Gasteiger partial charge on any atom is -0.497 e. The van der Waals surface area contributed by atoms with Crippen LogP contribution < -0.4 is 20.0 Å². The van der Waals surface area contributed by atoms with E-state index in [9.17, 15) is 0 Å². The van der Waals surface area contributed by atoms with Crippen molar-refractivity contribution in [3.63, 3.8) is 0 Å². The van der Waals surface area contributed by atoms with Crippen LogP contribution in [0.2, 0.25) is 0 Å². The van der Waals surface area contributed by atoms with Crippen molar-refractivity contribution in [2.75, 3.05) is 48.5 Å². The fourth-order valence-corrected chi connectivity index (χ4v) is 3.51. The van der Waals surface area contributed by atoms with Crippen molar-refractivity contribution in [3.8, 4) is 5.75 Å². The molecule has 0 atom stereocenters. The van der Waals surface area contributed by atoms with Gasteiger partial charge in [-0.2, -0.15) is 15.1 Å². The van der Waals surface area contributed by atoms with Gasteiger partial charge in [0, 0.05) is 32.2 Å². The highest BCUT2D eigenvalue weighted by atomic mass is 16.5. The van der Waals surface area contributed by atoms with Crippen LogP contribution in [0.5, 0.6) is 5.75 Å². The topological polar surface area (TPSA) is 65.9 Å². The fourth-order valence-electron chi connectivity index (χ4n) is 3.51. The standard InChI is InChI=1S/C20H26N6O/c1-27-17-8-6-16(7-9-17)15-21-24-18-14-19(25-10-2-3-11-25)23-20(22-18)26-12-4-5-13-26/h6-9,14-15H,2-5,10-13H2,1H3,(H,22,23,24)/b21-15-. The van der Waals surface area contributed by atoms with Crippen LogP contribution in [0.15, 0.2) is 35.4 Å². The second-order valence-corrected chi connectivity index (χ2v) is 6.94. The number of benzene rings is 1. The Labute approximate surface area is 160 Å². The maximum Gasteiger partial charge on any atom is 0.229 e. The zero-order valence-electron chi connectivity index (χ0n) is 15.8. The fraction of sp³-hybridized carbons (Fsp3) is 0.450. The first-order chi connectivity index (χ1) is 13.3. The Morgan fingerprint density at radius 1 is 0.963 bits per heavy atom. The van der Waals surface area contributed by atoms with Gasteiger partial charge >= 0.3 is 0 Å². The first-order valence-corrected chi connectivity index (χ1v) is 9.64. The molecule has 2 fully saturated rings. The lowest BCUT2D eigenvalue weighted by atomic mass is 10.2. The van der Waals surface area contributed by atoms with Crippen LogP contribution in [0.25, 0.3) is 0 Å². The lowest BCUT2D eigenvalue weighted by molar-refractivity contribution is 0.415. The molecule has 2 aliphatic rings. The first kappa shape index (κ1) is 17.6. The molecule has 0 spiro atoms. The summed E-state index contributed by atoms with van der Waals surface area (Å²) in [4.78, 5) is 14.1. The van der Waals surface area contributed by atoms with E-state index in [1.54, 1.807) is 13.3 Å². The molecule has 1 aromatic heterocycles. The minimum absolute atomic E-state index is 0.735. The Bertz CT molecular complexity index is 745. The van der Waals surface area contributed by atoms with E-state index in [2.05, 4.69) is 25.3 Å². The van der Waals surface area contributed by atoms with E-state index in [1.165, 1.54) is 25.7 Å². The summed E-state index contributed by atoms with van der Waals surface area (Å²) in [6.07, 6.45) is 6.64. The number of aromatic nitrogens is 2. The average Bonchev–Trinajstić information content (AvgIpc) is 3.42. The molecule has 142 valence electrons. The first-order valence-electron chi connectivity index (χ1n) is 9.64. The second-order valence-electron chi connectivity index (χ2n) is 6.94. The molecule has 7 nitrogen and oxygen atoms in total. The molecule has 0 bridgehead atoms. The Hall–Kier alpha value is -2.83. The third-order valence-corrected chi connectivity index (χ3v) is 5.03. The van der Waals surface area contributed by atoms with Crippen LogP contribution in [0.4, 0.5) is 17.6 Å². The summed E-state index contributed by atoms with van der Waals surface area (Å²) in [6.45, 7) is 4.17. The van der Waals surface area contributed by atoms with Crippen LogP contribution in [-0.2, 0) is 0 Å². The number of methoxy groups -OCH3 is 1. The SMILES string of the molecule is COc1ccc(/C=N\Nc2cc(N3CCCC3)nc(N3CCCC3)n2)cc1. The predicted octanol–water partition coefficient (Wildman–Crippen LogP) is 3.13. The van der Waals surface area contributed by atoms with Gasteiger partial charge in [-0.15, -0.1) is 0 Å². The molecular weight excluding hydrogens is 340 g/mol. The van der Waals surface area contributed by atoms with E-state index >= 15 is 0 Å². The third kappa shape index (κ3) is 4.30. The van der Waals surface area contributed by atoms with Crippen molar-refractivity contribution < 1.29 is 4.74 Å². The van der Waals surface area contributed by atoms with E-state index in [4.69, 9.17) is 9.72 Å². The molecule has 3 heterocycles. The molecule has 2 aliphatic heterocycles. The minimum atomic E-state index is 0.735. The van der Waals surface area contributed by atoms with Gasteiger partial charge in [0.25, 0.3) is 0 Å². The molecule has 2 aromatic rings. The van der Waals surface area contributed by atoms with Gasteiger partial charge in [0.1, 0.15) is 11.6 Å². The summed E-state index contributed by atoms with van der Waals surface area (Å²) in [5, 5.41) is 4.36. The molecular formula is C20H26N6O. The number of anilines is 3. The molecule has 2 saturated heterocycles. The van der Waals surface area contributed by atoms with E-state index in [0.717, 1.165) is 55.1 Å². The summed E-state index contributed by atoms with van der Waals surface area (Å²) in [5.41, 5.74) is 4.08. The zero-order valence-corrected chi connectivity index (χ0v) is 15.8. The lowest BCUT2D eigenvalue weighted by Gasteiger charge is -2.21. The van der Waals surface area contributed by atoms with Gasteiger partial charge in [0.2, 0.25) is 5.95 Å². The summed E-state index contributed by atoms with van der Waals surface area (Å²) >= 11 is 0. The number of hydrogen-bond acceptors (Lipinski definition) is 7. The van der Waals surface area contributed by atoms with Crippen molar-refractivity contribution in [3.05, 3.63) is 35.9 Å². The lowest BCUT2D eigenvalue weighted by Crippen LogP contribution is -2.24. The average molecular weight is 366 g/mol. The largest absolute Gasteiger partial charge is 0.497 e. The monoisotopic (exact) mass is 366 g/mol. The number of ether oxygens (including phenoxy) is 1. The molecule has 1 N–H and O–H groups in total. The second kappa shape index (κ2) is 8.24.